The van der Waals surface area contributed by atoms with Gasteiger partial charge >= 0.3 is 5.97 Å². The van der Waals surface area contributed by atoms with E-state index in [0.29, 0.717) is 19.3 Å². The fraction of sp³-hybridized carbons (Fsp3) is 0.615. The van der Waals surface area contributed by atoms with Crippen LogP contribution in [-0.4, -0.2) is 41.3 Å². The topological polar surface area (TPSA) is 83.8 Å². The molecule has 0 aromatic carbocycles. The maximum absolute atomic E-state index is 12.4. The summed E-state index contributed by atoms with van der Waals surface area (Å²) >= 11 is 1.75. The van der Waals surface area contributed by atoms with Gasteiger partial charge in [0, 0.05) is 35.0 Å². The van der Waals surface area contributed by atoms with E-state index in [2.05, 4.69) is 22.2 Å². The van der Waals surface area contributed by atoms with Crippen molar-refractivity contribution in [1.82, 2.24) is 0 Å². The lowest BCUT2D eigenvalue weighted by Gasteiger charge is -2.45. The Hall–Kier alpha value is -1.76. The molecule has 0 spiro atoms. The number of hydrogen-bond acceptors (Lipinski definition) is 6. The highest BCUT2D eigenvalue weighted by molar-refractivity contribution is 7.09. The smallest absolute Gasteiger partial charge is 0.305 e. The number of rotatable bonds is 12. The van der Waals surface area contributed by atoms with Gasteiger partial charge < -0.3 is 14.9 Å². The number of hydrogen-bond donors (Lipinski definition) is 2. The van der Waals surface area contributed by atoms with Crippen molar-refractivity contribution in [1.29, 1.82) is 0 Å². The van der Waals surface area contributed by atoms with Crippen LogP contribution in [0, 0.1) is 17.3 Å². The fourth-order valence-electron chi connectivity index (χ4n) is 4.99. The lowest BCUT2D eigenvalue weighted by molar-refractivity contribution is -0.140. The Balaban J connectivity index is 1.50. The predicted molar refractivity (Wildman–Crippen MR) is 126 cm³/mol. The van der Waals surface area contributed by atoms with Crippen LogP contribution in [0.2, 0.25) is 0 Å². The quantitative estimate of drug-likeness (QED) is 0.270. The van der Waals surface area contributed by atoms with E-state index in [1.807, 2.05) is 24.3 Å². The van der Waals surface area contributed by atoms with E-state index in [4.69, 9.17) is 0 Å². The van der Waals surface area contributed by atoms with Gasteiger partial charge in [0.15, 0.2) is 0 Å². The monoisotopic (exact) mass is 460 g/mol. The molecular formula is C26H36O5S. The van der Waals surface area contributed by atoms with E-state index in [1.54, 1.807) is 11.3 Å². The molecule has 2 unspecified atom stereocenters. The van der Waals surface area contributed by atoms with Crippen molar-refractivity contribution in [3.8, 4) is 0 Å². The van der Waals surface area contributed by atoms with Crippen LogP contribution in [0.1, 0.15) is 62.7 Å². The summed E-state index contributed by atoms with van der Waals surface area (Å²) in [5, 5.41) is 23.4. The van der Waals surface area contributed by atoms with Gasteiger partial charge in [0.2, 0.25) is 0 Å². The third-order valence-corrected chi connectivity index (χ3v) is 8.03. The first kappa shape index (κ1) is 24.9. The van der Waals surface area contributed by atoms with E-state index in [-0.39, 0.29) is 35.4 Å². The van der Waals surface area contributed by atoms with Crippen LogP contribution in [0.15, 0.2) is 41.8 Å². The van der Waals surface area contributed by atoms with Gasteiger partial charge in [0.1, 0.15) is 5.78 Å². The van der Waals surface area contributed by atoms with Crippen LogP contribution in [0.3, 0.4) is 0 Å². The van der Waals surface area contributed by atoms with Crippen LogP contribution in [0.5, 0.6) is 0 Å². The molecule has 2 aliphatic rings. The molecule has 0 amide bonds. The summed E-state index contributed by atoms with van der Waals surface area (Å²) in [5.74, 6) is -0.540. The number of thiophene rings is 1. The van der Waals surface area contributed by atoms with Crippen molar-refractivity contribution in [2.75, 3.05) is 7.11 Å². The molecule has 2 saturated carbocycles. The Bertz CT molecular complexity index is 793. The lowest BCUT2D eigenvalue weighted by atomic mass is 9.62. The number of ketones is 1. The van der Waals surface area contributed by atoms with E-state index in [9.17, 15) is 19.8 Å². The number of allylic oxidation sites excluding steroid dienone is 2. The van der Waals surface area contributed by atoms with Crippen molar-refractivity contribution >= 4 is 23.1 Å². The van der Waals surface area contributed by atoms with E-state index >= 15 is 0 Å². The molecule has 0 aliphatic heterocycles. The van der Waals surface area contributed by atoms with Crippen molar-refractivity contribution in [2.24, 2.45) is 17.3 Å². The number of aliphatic hydroxyl groups excluding tert-OH is 2. The summed E-state index contributed by atoms with van der Waals surface area (Å²) < 4.78 is 4.63. The lowest BCUT2D eigenvalue weighted by Crippen LogP contribution is -2.42. The number of unbranched alkanes of at least 4 members (excludes halogenated alkanes) is 1. The summed E-state index contributed by atoms with van der Waals surface area (Å²) in [4.78, 5) is 24.9. The Labute approximate surface area is 195 Å². The van der Waals surface area contributed by atoms with Gasteiger partial charge in [0.25, 0.3) is 0 Å². The number of carbonyl (C=O) groups is 2. The summed E-state index contributed by atoms with van der Waals surface area (Å²) in [6.45, 7) is 0. The average Bonchev–Trinajstić information content (AvgIpc) is 3.35. The third kappa shape index (κ3) is 6.40. The second-order valence-electron chi connectivity index (χ2n) is 9.25. The molecule has 5 nitrogen and oxygen atoms in total. The molecular weight excluding hydrogens is 424 g/mol. The van der Waals surface area contributed by atoms with Gasteiger partial charge in [-0.2, -0.15) is 0 Å². The molecule has 0 saturated heterocycles. The zero-order valence-electron chi connectivity index (χ0n) is 18.9. The minimum Gasteiger partial charge on any atom is -0.469 e. The van der Waals surface area contributed by atoms with Gasteiger partial charge in [-0.15, -0.1) is 11.3 Å². The molecule has 0 radical (unpaired) electrons. The Morgan fingerprint density at radius 3 is 2.81 bits per heavy atom. The maximum atomic E-state index is 12.4. The molecule has 176 valence electrons. The summed E-state index contributed by atoms with van der Waals surface area (Å²) in [6, 6.07) is 4.20. The highest BCUT2D eigenvalue weighted by Gasteiger charge is 2.43. The second-order valence-corrected chi connectivity index (χ2v) is 10.3. The number of esters is 1. The molecule has 2 aliphatic carbocycles. The summed E-state index contributed by atoms with van der Waals surface area (Å²) in [6.07, 6.45) is 14.2. The van der Waals surface area contributed by atoms with Gasteiger partial charge in [-0.3, -0.25) is 9.59 Å². The Morgan fingerprint density at radius 1 is 1.34 bits per heavy atom. The molecule has 0 bridgehead atoms. The first-order valence-electron chi connectivity index (χ1n) is 11.7. The zero-order chi connectivity index (χ0) is 23.0. The average molecular weight is 461 g/mol. The third-order valence-electron chi connectivity index (χ3n) is 7.15. The number of Topliss-reactive ketones (excluding diaryl/α,β-unsaturated/α-hetero) is 1. The molecule has 6 heteroatoms. The Morgan fingerprint density at radius 2 is 2.16 bits per heavy atom. The molecule has 2 N–H and O–H groups in total. The van der Waals surface area contributed by atoms with Crippen LogP contribution in [-0.2, 0) is 20.7 Å². The Kier molecular flexibility index (Phi) is 9.26. The minimum atomic E-state index is -0.655. The van der Waals surface area contributed by atoms with Crippen LogP contribution in [0.4, 0.5) is 0 Å². The highest BCUT2D eigenvalue weighted by atomic mass is 32.1. The van der Waals surface area contributed by atoms with E-state index in [0.717, 1.165) is 38.5 Å². The van der Waals surface area contributed by atoms with Gasteiger partial charge in [0.05, 0.1) is 19.3 Å². The number of ether oxygens (including phenoxy) is 1. The van der Waals surface area contributed by atoms with Crippen molar-refractivity contribution in [3.05, 3.63) is 46.7 Å². The first-order valence-corrected chi connectivity index (χ1v) is 12.6. The standard InChI is InChI=1S/C26H36O5S/c1-31-25(30)13-5-3-2-4-10-20-21(23(28)17-22(20)27)11-6-12-24(29)26(14-8-15-26)18-19-9-7-16-32-19/h2,4,6-7,9,11,16,20-21,23-24,28-29H,3,5,8,10,12-15,17-18H2,1H3/b4-2-,11-6+/t20-,21-,23?,24?/m1/s1. The summed E-state index contributed by atoms with van der Waals surface area (Å²) in [5.41, 5.74) is -0.0361. The minimum absolute atomic E-state index is 0.0361. The van der Waals surface area contributed by atoms with E-state index < -0.39 is 12.2 Å². The second kappa shape index (κ2) is 11.9. The van der Waals surface area contributed by atoms with E-state index in [1.165, 1.54) is 12.0 Å². The van der Waals surface area contributed by atoms with Crippen LogP contribution < -0.4 is 0 Å². The SMILES string of the molecule is COC(=O)CCC/C=C\C[C@H]1C(=O)CC(O)[C@@H]1/C=C/CC(O)C1(Cc2cccs2)CCC1. The largest absolute Gasteiger partial charge is 0.469 e. The van der Waals surface area contributed by atoms with Crippen LogP contribution in [0.25, 0.3) is 0 Å². The molecule has 1 aromatic heterocycles. The highest BCUT2D eigenvalue weighted by Crippen LogP contribution is 2.48. The fourth-order valence-corrected chi connectivity index (χ4v) is 5.85. The predicted octanol–water partition coefficient (Wildman–Crippen LogP) is 4.62. The van der Waals surface area contributed by atoms with Gasteiger partial charge in [-0.1, -0.05) is 36.8 Å². The number of aliphatic hydroxyl groups is 2. The van der Waals surface area contributed by atoms with Crippen molar-refractivity contribution < 1.29 is 24.5 Å². The van der Waals surface area contributed by atoms with Crippen molar-refractivity contribution in [3.63, 3.8) is 0 Å². The summed E-state index contributed by atoms with van der Waals surface area (Å²) in [7, 11) is 1.39. The normalized spacial score (nSPS) is 26.0. The van der Waals surface area contributed by atoms with Crippen LogP contribution >= 0.6 is 11.3 Å². The number of carbonyl (C=O) groups excluding carboxylic acids is 2. The zero-order valence-corrected chi connectivity index (χ0v) is 19.8. The van der Waals surface area contributed by atoms with Gasteiger partial charge in [-0.05, 0) is 56.4 Å². The van der Waals surface area contributed by atoms with Gasteiger partial charge in [-0.25, -0.2) is 0 Å². The van der Waals surface area contributed by atoms with Crippen molar-refractivity contribution in [2.45, 2.75) is 76.4 Å². The molecule has 3 rings (SSSR count). The molecule has 1 heterocycles. The molecule has 4 atom stereocenters. The molecule has 32 heavy (non-hydrogen) atoms. The first-order chi connectivity index (χ1) is 15.4. The maximum Gasteiger partial charge on any atom is 0.305 e. The molecule has 1 aromatic rings. The molecule has 2 fully saturated rings. The number of methoxy groups -OCH3 is 1.